The molecule has 5 N–H and O–H groups in total. The van der Waals surface area contributed by atoms with E-state index in [0.29, 0.717) is 18.7 Å². The number of aliphatic hydroxyl groups excluding tert-OH is 1. The van der Waals surface area contributed by atoms with E-state index in [0.717, 1.165) is 10.9 Å². The van der Waals surface area contributed by atoms with Crippen molar-refractivity contribution in [1.29, 1.82) is 0 Å². The molecule has 0 aliphatic carbocycles. The SMILES string of the molecule is NC(N)=NC(=O)c1cc2ccccc2n1CCCO. The number of aryl methyl sites for hydroxylation is 1. The van der Waals surface area contributed by atoms with Crippen LogP contribution in [0.5, 0.6) is 0 Å². The Kier molecular flexibility index (Phi) is 3.82. The molecule has 19 heavy (non-hydrogen) atoms. The van der Waals surface area contributed by atoms with E-state index in [-0.39, 0.29) is 12.6 Å². The number of amides is 1. The Labute approximate surface area is 110 Å². The van der Waals surface area contributed by atoms with Crippen molar-refractivity contribution in [2.45, 2.75) is 13.0 Å². The number of carbonyl (C=O) groups excluding carboxylic acids is 1. The van der Waals surface area contributed by atoms with Crippen molar-refractivity contribution < 1.29 is 9.90 Å². The van der Waals surface area contributed by atoms with Crippen molar-refractivity contribution in [1.82, 2.24) is 4.57 Å². The van der Waals surface area contributed by atoms with Crippen molar-refractivity contribution in [3.63, 3.8) is 0 Å². The van der Waals surface area contributed by atoms with Gasteiger partial charge in [-0.25, -0.2) is 0 Å². The molecule has 0 aliphatic rings. The van der Waals surface area contributed by atoms with Crippen molar-refractivity contribution in [3.8, 4) is 0 Å². The molecule has 6 heteroatoms. The van der Waals surface area contributed by atoms with E-state index < -0.39 is 5.91 Å². The molecule has 6 nitrogen and oxygen atoms in total. The Bertz CT molecular complexity index is 627. The molecule has 1 aromatic heterocycles. The maximum Gasteiger partial charge on any atom is 0.296 e. The number of hydrogen-bond donors (Lipinski definition) is 3. The second-order valence-corrected chi connectivity index (χ2v) is 4.16. The Hall–Kier alpha value is -2.34. The minimum atomic E-state index is -0.478. The molecule has 100 valence electrons. The van der Waals surface area contributed by atoms with Gasteiger partial charge in [-0.1, -0.05) is 18.2 Å². The molecule has 2 aromatic rings. The molecule has 0 saturated carbocycles. The largest absolute Gasteiger partial charge is 0.396 e. The van der Waals surface area contributed by atoms with Gasteiger partial charge in [0.05, 0.1) is 0 Å². The van der Waals surface area contributed by atoms with Gasteiger partial charge in [-0.05, 0) is 18.6 Å². The minimum absolute atomic E-state index is 0.0580. The number of nitrogens with two attached hydrogens (primary N) is 2. The number of benzene rings is 1. The summed E-state index contributed by atoms with van der Waals surface area (Å²) in [5.74, 6) is -0.738. The number of rotatable bonds is 4. The van der Waals surface area contributed by atoms with Crippen LogP contribution < -0.4 is 11.5 Å². The molecule has 1 heterocycles. The lowest BCUT2D eigenvalue weighted by Crippen LogP contribution is -2.24. The summed E-state index contributed by atoms with van der Waals surface area (Å²) in [6.45, 7) is 0.591. The topological polar surface area (TPSA) is 107 Å². The molecule has 0 atom stereocenters. The molecule has 1 aromatic carbocycles. The van der Waals surface area contributed by atoms with E-state index >= 15 is 0 Å². The van der Waals surface area contributed by atoms with Crippen LogP contribution in [0.1, 0.15) is 16.9 Å². The molecule has 1 amide bonds. The summed E-state index contributed by atoms with van der Waals surface area (Å²) < 4.78 is 1.82. The summed E-state index contributed by atoms with van der Waals surface area (Å²) in [4.78, 5) is 15.5. The zero-order chi connectivity index (χ0) is 13.8. The van der Waals surface area contributed by atoms with Crippen molar-refractivity contribution >= 4 is 22.8 Å². The van der Waals surface area contributed by atoms with Gasteiger partial charge >= 0.3 is 0 Å². The van der Waals surface area contributed by atoms with Gasteiger partial charge in [0.2, 0.25) is 0 Å². The summed E-state index contributed by atoms with van der Waals surface area (Å²) in [5, 5.41) is 9.89. The van der Waals surface area contributed by atoms with Crippen LogP contribution in [-0.4, -0.2) is 28.1 Å². The smallest absolute Gasteiger partial charge is 0.296 e. The van der Waals surface area contributed by atoms with E-state index in [4.69, 9.17) is 16.6 Å². The number of hydrogen-bond acceptors (Lipinski definition) is 2. The monoisotopic (exact) mass is 260 g/mol. The molecule has 0 radical (unpaired) electrons. The summed E-state index contributed by atoms with van der Waals surface area (Å²) >= 11 is 0. The van der Waals surface area contributed by atoms with E-state index in [9.17, 15) is 4.79 Å². The van der Waals surface area contributed by atoms with Gasteiger partial charge in [0.1, 0.15) is 5.69 Å². The first-order valence-electron chi connectivity index (χ1n) is 5.96. The van der Waals surface area contributed by atoms with Crippen LogP contribution in [0.25, 0.3) is 10.9 Å². The third-order valence-electron chi connectivity index (χ3n) is 2.80. The molecule has 0 aliphatic heterocycles. The number of para-hydroxylation sites is 1. The quantitative estimate of drug-likeness (QED) is 0.547. The zero-order valence-corrected chi connectivity index (χ0v) is 10.4. The summed E-state index contributed by atoms with van der Waals surface area (Å²) in [6.07, 6.45) is 0.556. The molecular formula is C13H16N4O2. The molecule has 2 rings (SSSR count). The predicted octanol–water partition coefficient (Wildman–Crippen LogP) is 0.437. The second kappa shape index (κ2) is 5.53. The van der Waals surface area contributed by atoms with Crippen LogP contribution in [0.3, 0.4) is 0 Å². The Balaban J connectivity index is 2.52. The van der Waals surface area contributed by atoms with Gasteiger partial charge in [0, 0.05) is 24.1 Å². The summed E-state index contributed by atoms with van der Waals surface area (Å²) in [5.41, 5.74) is 11.8. The fourth-order valence-electron chi connectivity index (χ4n) is 2.03. The highest BCUT2D eigenvalue weighted by Crippen LogP contribution is 2.20. The van der Waals surface area contributed by atoms with Crippen molar-refractivity contribution in [3.05, 3.63) is 36.0 Å². The maximum absolute atomic E-state index is 12.0. The van der Waals surface area contributed by atoms with Crippen LogP contribution in [0.15, 0.2) is 35.3 Å². The number of carbonyl (C=O) groups is 1. The third-order valence-corrected chi connectivity index (χ3v) is 2.80. The van der Waals surface area contributed by atoms with Crippen LogP contribution in [0.2, 0.25) is 0 Å². The summed E-state index contributed by atoms with van der Waals surface area (Å²) in [7, 11) is 0. The van der Waals surface area contributed by atoms with Gasteiger partial charge in [0.15, 0.2) is 5.96 Å². The van der Waals surface area contributed by atoms with Gasteiger partial charge in [-0.15, -0.1) is 0 Å². The van der Waals surface area contributed by atoms with Gasteiger partial charge in [-0.3, -0.25) is 4.79 Å². The number of fused-ring (bicyclic) bond motifs is 1. The van der Waals surface area contributed by atoms with E-state index in [1.807, 2.05) is 28.8 Å². The first-order chi connectivity index (χ1) is 9.13. The Morgan fingerprint density at radius 2 is 2.05 bits per heavy atom. The highest BCUT2D eigenvalue weighted by atomic mass is 16.3. The molecule has 0 saturated heterocycles. The zero-order valence-electron chi connectivity index (χ0n) is 10.4. The number of guanidine groups is 1. The first kappa shape index (κ1) is 13.1. The van der Waals surface area contributed by atoms with E-state index in [2.05, 4.69) is 4.99 Å². The van der Waals surface area contributed by atoms with Crippen LogP contribution in [0, 0.1) is 0 Å². The van der Waals surface area contributed by atoms with E-state index in [1.165, 1.54) is 0 Å². The highest BCUT2D eigenvalue weighted by Gasteiger charge is 2.14. The molecule has 0 unspecified atom stereocenters. The van der Waals surface area contributed by atoms with Crippen LogP contribution >= 0.6 is 0 Å². The molecule has 0 fully saturated rings. The molecule has 0 spiro atoms. The van der Waals surface area contributed by atoms with Gasteiger partial charge in [0.25, 0.3) is 5.91 Å². The Morgan fingerprint density at radius 1 is 1.32 bits per heavy atom. The lowest BCUT2D eigenvalue weighted by molar-refractivity contribution is 0.0993. The fraction of sp³-hybridized carbons (Fsp3) is 0.231. The average Bonchev–Trinajstić information content (AvgIpc) is 2.74. The van der Waals surface area contributed by atoms with Crippen LogP contribution in [0.4, 0.5) is 0 Å². The second-order valence-electron chi connectivity index (χ2n) is 4.16. The number of aromatic nitrogens is 1. The lowest BCUT2D eigenvalue weighted by atomic mass is 10.2. The molecule has 0 bridgehead atoms. The minimum Gasteiger partial charge on any atom is -0.396 e. The third kappa shape index (κ3) is 2.74. The lowest BCUT2D eigenvalue weighted by Gasteiger charge is -2.07. The highest BCUT2D eigenvalue weighted by molar-refractivity contribution is 6.04. The average molecular weight is 260 g/mol. The number of nitrogens with zero attached hydrogens (tertiary/aromatic N) is 2. The fourth-order valence-corrected chi connectivity index (χ4v) is 2.03. The standard InChI is InChI=1S/C13H16N4O2/c14-13(15)16-12(19)11-8-9-4-1-2-5-10(9)17(11)6-3-7-18/h1-2,4-5,8,18H,3,6-7H2,(H4,14,15,16,19). The number of aliphatic hydroxyl groups is 1. The summed E-state index contributed by atoms with van der Waals surface area (Å²) in [6, 6.07) is 9.37. The number of aliphatic imine (C=N–C) groups is 1. The maximum atomic E-state index is 12.0. The molecular weight excluding hydrogens is 244 g/mol. The van der Waals surface area contributed by atoms with Gasteiger partial charge in [-0.2, -0.15) is 4.99 Å². The Morgan fingerprint density at radius 3 is 2.74 bits per heavy atom. The van der Waals surface area contributed by atoms with Crippen LogP contribution in [-0.2, 0) is 6.54 Å². The van der Waals surface area contributed by atoms with E-state index in [1.54, 1.807) is 6.07 Å². The van der Waals surface area contributed by atoms with Gasteiger partial charge < -0.3 is 21.1 Å². The first-order valence-corrected chi connectivity index (χ1v) is 5.96. The van der Waals surface area contributed by atoms with Crippen molar-refractivity contribution in [2.24, 2.45) is 16.5 Å². The predicted molar refractivity (Wildman–Crippen MR) is 73.8 cm³/mol. The van der Waals surface area contributed by atoms with Crippen molar-refractivity contribution in [2.75, 3.05) is 6.61 Å². The normalized spacial score (nSPS) is 10.6.